The van der Waals surface area contributed by atoms with Crippen LogP contribution in [-0.2, 0) is 16.2 Å². The van der Waals surface area contributed by atoms with Gasteiger partial charge in [-0.1, -0.05) is 213 Å². The molecule has 0 unspecified atom stereocenters. The van der Waals surface area contributed by atoms with Gasteiger partial charge < -0.3 is 4.90 Å². The zero-order chi connectivity index (χ0) is 44.4. The molecule has 8 aromatic rings. The molecule has 0 heterocycles. The molecule has 316 valence electrons. The van der Waals surface area contributed by atoms with Crippen LogP contribution in [0.2, 0.25) is 0 Å². The fourth-order valence-corrected chi connectivity index (χ4v) is 10.3. The first-order valence-electron chi connectivity index (χ1n) is 23.1. The molecule has 0 atom stereocenters. The highest BCUT2D eigenvalue weighted by Crippen LogP contribution is 2.50. The minimum absolute atomic E-state index is 0.0152. The molecule has 2 aliphatic carbocycles. The van der Waals surface area contributed by atoms with Crippen molar-refractivity contribution < 1.29 is 0 Å². The fraction of sp³-hybridized carbons (Fsp3) is 0.206. The van der Waals surface area contributed by atoms with E-state index in [-0.39, 0.29) is 16.2 Å². The van der Waals surface area contributed by atoms with Crippen molar-refractivity contribution in [2.75, 3.05) is 4.90 Å². The minimum atomic E-state index is -0.0547. The average molecular weight is 830 g/mol. The molecule has 0 aliphatic heterocycles. The molecule has 1 nitrogen and oxygen atoms in total. The zero-order valence-electron chi connectivity index (χ0n) is 38.8. The molecule has 0 N–H and O–H groups in total. The molecule has 0 amide bonds. The molecule has 0 radical (unpaired) electrons. The van der Waals surface area contributed by atoms with Crippen LogP contribution < -0.4 is 15.3 Å². The van der Waals surface area contributed by atoms with Gasteiger partial charge in [0.05, 0.1) is 11.4 Å². The van der Waals surface area contributed by atoms with Crippen molar-refractivity contribution in [3.05, 3.63) is 220 Å². The van der Waals surface area contributed by atoms with E-state index >= 15 is 0 Å². The van der Waals surface area contributed by atoms with Crippen molar-refractivity contribution in [3.63, 3.8) is 0 Å². The lowest BCUT2D eigenvalue weighted by atomic mass is 9.78. The van der Waals surface area contributed by atoms with E-state index in [1.807, 2.05) is 0 Å². The Bertz CT molecular complexity index is 3150. The van der Waals surface area contributed by atoms with Gasteiger partial charge in [0, 0.05) is 22.2 Å². The SMILES string of the molecule is CC(C)(C)c1cc(-c2cccc3c2=C(c2ccccc2N(c2ccc(-c4ccc5c(c4)C(C)(C)c4ccccc4-5)cc2)c2ccccc2-c2ccccc2)CCC=3)cc(C(C)(C)C)c1. The molecule has 0 saturated heterocycles. The summed E-state index contributed by atoms with van der Waals surface area (Å²) in [6.07, 6.45) is 4.40. The zero-order valence-corrected chi connectivity index (χ0v) is 38.8. The van der Waals surface area contributed by atoms with E-state index in [2.05, 4.69) is 248 Å². The maximum atomic E-state index is 2.51. The van der Waals surface area contributed by atoms with E-state index in [4.69, 9.17) is 0 Å². The van der Waals surface area contributed by atoms with Gasteiger partial charge in [0.25, 0.3) is 0 Å². The van der Waals surface area contributed by atoms with Gasteiger partial charge in [-0.15, -0.1) is 0 Å². The second-order valence-electron chi connectivity index (χ2n) is 20.5. The van der Waals surface area contributed by atoms with Gasteiger partial charge in [-0.05, 0) is 131 Å². The van der Waals surface area contributed by atoms with Crippen LogP contribution in [0.15, 0.2) is 182 Å². The summed E-state index contributed by atoms with van der Waals surface area (Å²) < 4.78 is 0. The third-order valence-corrected chi connectivity index (χ3v) is 13.9. The summed E-state index contributed by atoms with van der Waals surface area (Å²) >= 11 is 0. The highest BCUT2D eigenvalue weighted by molar-refractivity contribution is 5.93. The standard InChI is InChI=1S/C63H59N/c1-61(2,3)47-38-46(39-48(41-47)62(4,5)6)51-27-18-22-44-23-19-28-55(60(44)51)54-26-14-17-31-59(54)64(58-30-16-13-24-50(58)43-20-10-9-11-21-43)49-35-32-42(33-36-49)45-34-37-53-52-25-12-15-29-56(52)63(7,8)57(53)40-45/h9-18,20-27,29-41H,19,28H2,1-8H3. The third-order valence-electron chi connectivity index (χ3n) is 13.9. The van der Waals surface area contributed by atoms with Gasteiger partial charge in [0.15, 0.2) is 0 Å². The Balaban J connectivity index is 1.17. The van der Waals surface area contributed by atoms with E-state index in [0.29, 0.717) is 0 Å². The third kappa shape index (κ3) is 7.31. The van der Waals surface area contributed by atoms with Crippen molar-refractivity contribution >= 4 is 28.7 Å². The van der Waals surface area contributed by atoms with Gasteiger partial charge in [-0.3, -0.25) is 0 Å². The van der Waals surface area contributed by atoms with E-state index in [1.165, 1.54) is 94.0 Å². The van der Waals surface area contributed by atoms with Crippen LogP contribution in [0.1, 0.15) is 96.0 Å². The number of hydrogen-bond acceptors (Lipinski definition) is 1. The van der Waals surface area contributed by atoms with E-state index in [9.17, 15) is 0 Å². The molecule has 8 aromatic carbocycles. The lowest BCUT2D eigenvalue weighted by Crippen LogP contribution is -2.32. The number of benzene rings is 8. The second kappa shape index (κ2) is 15.8. The second-order valence-corrected chi connectivity index (χ2v) is 20.5. The number of nitrogens with zero attached hydrogens (tertiary/aromatic N) is 1. The molecule has 0 aromatic heterocycles. The molecular weight excluding hydrogens is 771 g/mol. The topological polar surface area (TPSA) is 3.24 Å². The normalized spacial score (nSPS) is 14.0. The van der Waals surface area contributed by atoms with E-state index < -0.39 is 0 Å². The summed E-state index contributed by atoms with van der Waals surface area (Å²) in [4.78, 5) is 2.51. The molecule has 0 saturated carbocycles. The van der Waals surface area contributed by atoms with Crippen LogP contribution in [0.4, 0.5) is 17.1 Å². The summed E-state index contributed by atoms with van der Waals surface area (Å²) in [7, 11) is 0. The van der Waals surface area contributed by atoms with E-state index in [0.717, 1.165) is 24.2 Å². The predicted molar refractivity (Wildman–Crippen MR) is 274 cm³/mol. The summed E-state index contributed by atoms with van der Waals surface area (Å²) in [6.45, 7) is 18.7. The Hall–Kier alpha value is -6.70. The smallest absolute Gasteiger partial charge is 0.0540 e. The first-order valence-corrected chi connectivity index (χ1v) is 23.1. The number of hydrogen-bond donors (Lipinski definition) is 0. The lowest BCUT2D eigenvalue weighted by Gasteiger charge is -2.31. The minimum Gasteiger partial charge on any atom is -0.309 e. The summed E-state index contributed by atoms with van der Waals surface area (Å²) in [6, 6.07) is 68.4. The highest BCUT2D eigenvalue weighted by atomic mass is 15.1. The number of para-hydroxylation sites is 2. The molecule has 0 spiro atoms. The van der Waals surface area contributed by atoms with Gasteiger partial charge >= 0.3 is 0 Å². The Morgan fingerprint density at radius 3 is 1.67 bits per heavy atom. The molecule has 10 rings (SSSR count). The van der Waals surface area contributed by atoms with Crippen molar-refractivity contribution in [2.24, 2.45) is 0 Å². The van der Waals surface area contributed by atoms with Crippen LogP contribution in [0.3, 0.4) is 0 Å². The summed E-state index contributed by atoms with van der Waals surface area (Å²) in [5.41, 5.74) is 21.8. The Kier molecular flexibility index (Phi) is 10.2. The largest absolute Gasteiger partial charge is 0.309 e. The first kappa shape index (κ1) is 41.3. The predicted octanol–water partition coefficient (Wildman–Crippen LogP) is 15.8. The van der Waals surface area contributed by atoms with Crippen LogP contribution in [-0.4, -0.2) is 0 Å². The van der Waals surface area contributed by atoms with Gasteiger partial charge in [-0.2, -0.15) is 0 Å². The summed E-state index contributed by atoms with van der Waals surface area (Å²) in [5, 5.41) is 2.66. The molecule has 2 aliphatic rings. The monoisotopic (exact) mass is 829 g/mol. The van der Waals surface area contributed by atoms with Gasteiger partial charge in [0.1, 0.15) is 0 Å². The van der Waals surface area contributed by atoms with Crippen molar-refractivity contribution in [3.8, 4) is 44.5 Å². The summed E-state index contributed by atoms with van der Waals surface area (Å²) in [5.74, 6) is 0. The van der Waals surface area contributed by atoms with Crippen LogP contribution in [0.5, 0.6) is 0 Å². The molecule has 64 heavy (non-hydrogen) atoms. The number of anilines is 3. The molecule has 1 heteroatoms. The van der Waals surface area contributed by atoms with Gasteiger partial charge in [0.2, 0.25) is 0 Å². The van der Waals surface area contributed by atoms with E-state index in [1.54, 1.807) is 0 Å². The highest BCUT2D eigenvalue weighted by Gasteiger charge is 2.35. The maximum absolute atomic E-state index is 2.51. The Morgan fingerprint density at radius 1 is 0.422 bits per heavy atom. The fourth-order valence-electron chi connectivity index (χ4n) is 10.3. The Labute approximate surface area is 381 Å². The molecule has 0 fully saturated rings. The number of fused-ring (bicyclic) bond motifs is 4. The quantitative estimate of drug-likeness (QED) is 0.155. The van der Waals surface area contributed by atoms with Crippen LogP contribution >= 0.6 is 0 Å². The first-order chi connectivity index (χ1) is 30.8. The number of rotatable bonds is 7. The lowest BCUT2D eigenvalue weighted by molar-refractivity contribution is 0.569. The van der Waals surface area contributed by atoms with Crippen molar-refractivity contribution in [1.29, 1.82) is 0 Å². The average Bonchev–Trinajstić information content (AvgIpc) is 3.54. The molecule has 0 bridgehead atoms. The van der Waals surface area contributed by atoms with Crippen LogP contribution in [0, 0.1) is 0 Å². The Morgan fingerprint density at radius 2 is 0.984 bits per heavy atom. The maximum Gasteiger partial charge on any atom is 0.0540 e. The molecular formula is C63H59N. The van der Waals surface area contributed by atoms with Crippen molar-refractivity contribution in [2.45, 2.75) is 84.5 Å². The van der Waals surface area contributed by atoms with Gasteiger partial charge in [-0.25, -0.2) is 0 Å². The van der Waals surface area contributed by atoms with Crippen LogP contribution in [0.25, 0.3) is 56.2 Å². The van der Waals surface area contributed by atoms with Crippen molar-refractivity contribution in [1.82, 2.24) is 0 Å².